The molecule has 0 fully saturated rings. The zero-order chi connectivity index (χ0) is 14.3. The highest BCUT2D eigenvalue weighted by Crippen LogP contribution is 2.19. The maximum Gasteiger partial charge on any atom is 0.152 e. The van der Waals surface area contributed by atoms with Gasteiger partial charge in [-0.2, -0.15) is 0 Å². The highest BCUT2D eigenvalue weighted by molar-refractivity contribution is 7.91. The van der Waals surface area contributed by atoms with E-state index in [0.717, 1.165) is 11.3 Å². The largest absolute Gasteiger partial charge is 0.494 e. The third-order valence-electron chi connectivity index (χ3n) is 2.88. The number of ether oxygens (including phenoxy) is 1. The number of benzene rings is 1. The highest BCUT2D eigenvalue weighted by atomic mass is 32.2. The Morgan fingerprint density at radius 1 is 1.21 bits per heavy atom. The van der Waals surface area contributed by atoms with Gasteiger partial charge < -0.3 is 10.1 Å². The summed E-state index contributed by atoms with van der Waals surface area (Å²) in [6.45, 7) is 4.43. The lowest BCUT2D eigenvalue weighted by Gasteiger charge is -2.17. The normalized spacial score (nSPS) is 13.2. The zero-order valence-electron chi connectivity index (χ0n) is 11.8. The minimum absolute atomic E-state index is 0.130. The third-order valence-corrected chi connectivity index (χ3v) is 4.75. The average Bonchev–Trinajstić information content (AvgIpc) is 2.37. The van der Waals surface area contributed by atoms with Crippen molar-refractivity contribution in [2.45, 2.75) is 26.3 Å². The van der Waals surface area contributed by atoms with Crippen LogP contribution in [-0.2, 0) is 9.84 Å². The molecule has 0 aliphatic rings. The van der Waals surface area contributed by atoms with Crippen LogP contribution in [0.4, 0.5) is 0 Å². The van der Waals surface area contributed by atoms with Crippen molar-refractivity contribution in [2.24, 2.45) is 0 Å². The van der Waals surface area contributed by atoms with Crippen molar-refractivity contribution >= 4 is 9.84 Å². The second kappa shape index (κ2) is 7.50. The minimum atomic E-state index is -3.01. The molecule has 1 aromatic rings. The highest BCUT2D eigenvalue weighted by Gasteiger charge is 2.18. The van der Waals surface area contributed by atoms with E-state index in [2.05, 4.69) is 5.32 Å². The van der Waals surface area contributed by atoms with E-state index in [1.807, 2.05) is 38.1 Å². The van der Waals surface area contributed by atoms with Crippen LogP contribution in [0.3, 0.4) is 0 Å². The van der Waals surface area contributed by atoms with Crippen LogP contribution in [0.1, 0.15) is 31.9 Å². The van der Waals surface area contributed by atoms with Crippen molar-refractivity contribution in [3.8, 4) is 5.75 Å². The van der Waals surface area contributed by atoms with E-state index in [-0.39, 0.29) is 17.5 Å². The number of hydrogen-bond acceptors (Lipinski definition) is 4. The first kappa shape index (κ1) is 16.0. The lowest BCUT2D eigenvalue weighted by molar-refractivity contribution is 0.340. The predicted molar refractivity (Wildman–Crippen MR) is 78.4 cm³/mol. The molecule has 4 nitrogen and oxygen atoms in total. The van der Waals surface area contributed by atoms with Crippen LogP contribution in [-0.4, -0.2) is 33.6 Å². The van der Waals surface area contributed by atoms with Gasteiger partial charge >= 0.3 is 0 Å². The Morgan fingerprint density at radius 2 is 1.84 bits per heavy atom. The maximum atomic E-state index is 11.9. The summed E-state index contributed by atoms with van der Waals surface area (Å²) >= 11 is 0. The van der Waals surface area contributed by atoms with Crippen LogP contribution in [0, 0.1) is 0 Å². The minimum Gasteiger partial charge on any atom is -0.494 e. The molecule has 0 bridgehead atoms. The smallest absolute Gasteiger partial charge is 0.152 e. The predicted octanol–water partition coefficient (Wildman–Crippen LogP) is 2.17. The third kappa shape index (κ3) is 5.20. The molecule has 0 saturated carbocycles. The average molecular weight is 285 g/mol. The molecule has 108 valence electrons. The molecule has 0 saturated heterocycles. The number of sulfone groups is 1. The molecule has 1 atom stereocenters. The molecule has 1 unspecified atom stereocenters. The quantitative estimate of drug-likeness (QED) is 0.795. The Bertz CT molecular complexity index is 468. The van der Waals surface area contributed by atoms with E-state index in [0.29, 0.717) is 13.0 Å². The summed E-state index contributed by atoms with van der Waals surface area (Å²) in [6, 6.07) is 7.39. The Hall–Kier alpha value is -1.07. The summed E-state index contributed by atoms with van der Waals surface area (Å²) in [5.74, 6) is 1.17. The summed E-state index contributed by atoms with van der Waals surface area (Å²) in [6.07, 6.45) is 0.655. The van der Waals surface area contributed by atoms with Crippen LogP contribution in [0.5, 0.6) is 5.75 Å². The fourth-order valence-electron chi connectivity index (χ4n) is 1.96. The van der Waals surface area contributed by atoms with E-state index in [1.54, 1.807) is 7.05 Å². The molecular weight excluding hydrogens is 262 g/mol. The molecule has 1 N–H and O–H groups in total. The molecule has 0 radical (unpaired) electrons. The summed E-state index contributed by atoms with van der Waals surface area (Å²) in [7, 11) is -1.22. The summed E-state index contributed by atoms with van der Waals surface area (Å²) in [5, 5.41) is 3.06. The van der Waals surface area contributed by atoms with Crippen molar-refractivity contribution in [1.29, 1.82) is 0 Å². The molecule has 1 rings (SSSR count). The molecule has 1 aromatic carbocycles. The van der Waals surface area contributed by atoms with Gasteiger partial charge in [-0.05, 0) is 38.1 Å². The van der Waals surface area contributed by atoms with E-state index >= 15 is 0 Å². The van der Waals surface area contributed by atoms with Gasteiger partial charge in [0.05, 0.1) is 12.4 Å². The van der Waals surface area contributed by atoms with Gasteiger partial charge in [-0.3, -0.25) is 0 Å². The summed E-state index contributed by atoms with van der Waals surface area (Å²) in [4.78, 5) is 0. The van der Waals surface area contributed by atoms with E-state index < -0.39 is 9.84 Å². The van der Waals surface area contributed by atoms with E-state index in [4.69, 9.17) is 4.74 Å². The molecule has 0 aromatic heterocycles. The first-order valence-corrected chi connectivity index (χ1v) is 8.45. The number of rotatable bonds is 8. The van der Waals surface area contributed by atoms with E-state index in [1.165, 1.54) is 0 Å². The van der Waals surface area contributed by atoms with Gasteiger partial charge in [0.15, 0.2) is 9.84 Å². The van der Waals surface area contributed by atoms with Crippen LogP contribution in [0.25, 0.3) is 0 Å². The van der Waals surface area contributed by atoms with Gasteiger partial charge in [-0.1, -0.05) is 19.1 Å². The molecule has 19 heavy (non-hydrogen) atoms. The van der Waals surface area contributed by atoms with Crippen LogP contribution < -0.4 is 10.1 Å². The van der Waals surface area contributed by atoms with Gasteiger partial charge in [0.1, 0.15) is 5.75 Å². The summed E-state index contributed by atoms with van der Waals surface area (Å²) in [5.41, 5.74) is 0.964. The zero-order valence-corrected chi connectivity index (χ0v) is 12.7. The maximum absolute atomic E-state index is 11.9. The van der Waals surface area contributed by atoms with Crippen molar-refractivity contribution < 1.29 is 13.2 Å². The lowest BCUT2D eigenvalue weighted by atomic mass is 10.1. The molecular formula is C14H23NO3S. The first-order valence-electron chi connectivity index (χ1n) is 6.62. The Labute approximate surface area is 116 Å². The van der Waals surface area contributed by atoms with Crippen molar-refractivity contribution in [1.82, 2.24) is 5.32 Å². The molecule has 0 spiro atoms. The van der Waals surface area contributed by atoms with Gasteiger partial charge in [0.2, 0.25) is 0 Å². The molecule has 0 heterocycles. The molecule has 0 amide bonds. The monoisotopic (exact) mass is 285 g/mol. The Morgan fingerprint density at radius 3 is 2.32 bits per heavy atom. The van der Waals surface area contributed by atoms with Crippen LogP contribution in [0.15, 0.2) is 24.3 Å². The second-order valence-corrected chi connectivity index (χ2v) is 6.69. The Kier molecular flexibility index (Phi) is 6.31. The van der Waals surface area contributed by atoms with Gasteiger partial charge in [-0.25, -0.2) is 8.42 Å². The molecule has 0 aliphatic carbocycles. The fraction of sp³-hybridized carbons (Fsp3) is 0.571. The van der Waals surface area contributed by atoms with Crippen LogP contribution in [0.2, 0.25) is 0 Å². The van der Waals surface area contributed by atoms with Gasteiger partial charge in [-0.15, -0.1) is 0 Å². The molecule has 5 heteroatoms. The van der Waals surface area contributed by atoms with Crippen molar-refractivity contribution in [3.63, 3.8) is 0 Å². The van der Waals surface area contributed by atoms with Crippen molar-refractivity contribution in [3.05, 3.63) is 29.8 Å². The standard InChI is InChI=1S/C14H23NO3S/c1-4-10-19(16,17)11-14(15-3)12-6-8-13(9-7-12)18-5-2/h6-9,14-15H,4-5,10-11H2,1-3H3. The topological polar surface area (TPSA) is 55.4 Å². The molecule has 0 aliphatic heterocycles. The number of nitrogens with one attached hydrogen (secondary N) is 1. The van der Waals surface area contributed by atoms with E-state index in [9.17, 15) is 8.42 Å². The fourth-order valence-corrected chi connectivity index (χ4v) is 3.61. The lowest BCUT2D eigenvalue weighted by Crippen LogP contribution is -2.26. The van der Waals surface area contributed by atoms with Crippen LogP contribution >= 0.6 is 0 Å². The SMILES string of the molecule is CCCS(=O)(=O)CC(NC)c1ccc(OCC)cc1. The Balaban J connectivity index is 2.79. The number of hydrogen-bond donors (Lipinski definition) is 1. The van der Waals surface area contributed by atoms with Gasteiger partial charge in [0.25, 0.3) is 0 Å². The second-order valence-electron chi connectivity index (χ2n) is 4.46. The van der Waals surface area contributed by atoms with Crippen molar-refractivity contribution in [2.75, 3.05) is 25.2 Å². The summed E-state index contributed by atoms with van der Waals surface area (Å²) < 4.78 is 29.1. The first-order chi connectivity index (χ1) is 9.02. The van der Waals surface area contributed by atoms with Gasteiger partial charge in [0, 0.05) is 11.8 Å².